The average Bonchev–Trinajstić information content (AvgIpc) is 2.77. The first-order valence-electron chi connectivity index (χ1n) is 7.17. The molecule has 1 heterocycles. The predicted octanol–water partition coefficient (Wildman–Crippen LogP) is 6.00. The molecule has 114 valence electrons. The van der Waals surface area contributed by atoms with Gasteiger partial charge in [0.05, 0.1) is 5.69 Å². The molecule has 2 aromatic rings. The lowest BCUT2D eigenvalue weighted by Gasteiger charge is -2.28. The molecule has 2 rings (SSSR count). The van der Waals surface area contributed by atoms with Crippen LogP contribution in [0.25, 0.3) is 11.3 Å². The van der Waals surface area contributed by atoms with Gasteiger partial charge in [0, 0.05) is 21.5 Å². The van der Waals surface area contributed by atoms with Gasteiger partial charge in [-0.25, -0.2) is 4.98 Å². The Morgan fingerprint density at radius 2 is 1.86 bits per heavy atom. The van der Waals surface area contributed by atoms with Gasteiger partial charge in [-0.15, -0.1) is 11.3 Å². The molecule has 4 heteroatoms. The van der Waals surface area contributed by atoms with Crippen molar-refractivity contribution in [2.24, 2.45) is 5.41 Å². The quantitative estimate of drug-likeness (QED) is 0.660. The molecule has 0 N–H and O–H groups in total. The maximum absolute atomic E-state index is 5.96. The summed E-state index contributed by atoms with van der Waals surface area (Å²) in [5, 5.41) is 1.07. The van der Waals surface area contributed by atoms with Crippen LogP contribution in [-0.4, -0.2) is 11.6 Å². The summed E-state index contributed by atoms with van der Waals surface area (Å²) in [5.41, 5.74) is 2.26. The van der Waals surface area contributed by atoms with E-state index in [2.05, 4.69) is 67.9 Å². The molecule has 0 aliphatic rings. The molecule has 1 atom stereocenters. The molecule has 1 unspecified atom stereocenters. The van der Waals surface area contributed by atoms with Gasteiger partial charge in [0.25, 0.3) is 0 Å². The monoisotopic (exact) mass is 367 g/mol. The Bertz CT molecular complexity index is 598. The molecule has 0 aliphatic heterocycles. The van der Waals surface area contributed by atoms with E-state index in [4.69, 9.17) is 9.72 Å². The topological polar surface area (TPSA) is 22.1 Å². The van der Waals surface area contributed by atoms with Crippen molar-refractivity contribution in [2.75, 3.05) is 6.61 Å². The van der Waals surface area contributed by atoms with Crippen LogP contribution in [0.4, 0.5) is 0 Å². The first-order chi connectivity index (χ1) is 9.82. The van der Waals surface area contributed by atoms with E-state index in [0.717, 1.165) is 20.7 Å². The van der Waals surface area contributed by atoms with Crippen LogP contribution in [-0.2, 0) is 4.74 Å². The molecule has 0 amide bonds. The smallest absolute Gasteiger partial charge is 0.123 e. The highest BCUT2D eigenvalue weighted by Crippen LogP contribution is 2.40. The summed E-state index contributed by atoms with van der Waals surface area (Å²) in [6, 6.07) is 8.31. The van der Waals surface area contributed by atoms with Crippen molar-refractivity contribution in [3.63, 3.8) is 0 Å². The minimum atomic E-state index is 0.0374. The maximum atomic E-state index is 5.96. The number of aryl methyl sites for hydroxylation is 1. The predicted molar refractivity (Wildman–Crippen MR) is 93.8 cm³/mol. The van der Waals surface area contributed by atoms with E-state index in [9.17, 15) is 0 Å². The number of ether oxygens (including phenoxy) is 1. The molecule has 0 saturated heterocycles. The second kappa shape index (κ2) is 6.59. The molecule has 21 heavy (non-hydrogen) atoms. The van der Waals surface area contributed by atoms with Crippen LogP contribution >= 0.6 is 27.3 Å². The lowest BCUT2D eigenvalue weighted by Crippen LogP contribution is -2.21. The van der Waals surface area contributed by atoms with Crippen molar-refractivity contribution >= 4 is 27.3 Å². The summed E-state index contributed by atoms with van der Waals surface area (Å²) in [6.07, 6.45) is 0.0374. The van der Waals surface area contributed by atoms with Gasteiger partial charge in [-0.3, -0.25) is 0 Å². The molecular weight excluding hydrogens is 346 g/mol. The fourth-order valence-electron chi connectivity index (χ4n) is 2.26. The summed E-state index contributed by atoms with van der Waals surface area (Å²) in [7, 11) is 0. The first kappa shape index (κ1) is 16.7. The summed E-state index contributed by atoms with van der Waals surface area (Å²) in [5.74, 6) is 0. The fourth-order valence-corrected chi connectivity index (χ4v) is 3.77. The Labute approximate surface area is 139 Å². The number of nitrogens with zero attached hydrogens (tertiary/aromatic N) is 1. The van der Waals surface area contributed by atoms with Gasteiger partial charge >= 0.3 is 0 Å². The van der Waals surface area contributed by atoms with Crippen molar-refractivity contribution in [1.29, 1.82) is 0 Å². The van der Waals surface area contributed by atoms with Gasteiger partial charge in [-0.05, 0) is 31.4 Å². The lowest BCUT2D eigenvalue weighted by atomic mass is 9.89. The van der Waals surface area contributed by atoms with E-state index in [-0.39, 0.29) is 11.5 Å². The molecule has 1 aromatic heterocycles. The Kier molecular flexibility index (Phi) is 5.23. The van der Waals surface area contributed by atoms with Crippen molar-refractivity contribution in [2.45, 2.75) is 40.7 Å². The Morgan fingerprint density at radius 3 is 2.38 bits per heavy atom. The zero-order valence-electron chi connectivity index (χ0n) is 13.2. The third-order valence-electron chi connectivity index (χ3n) is 3.27. The Balaban J connectivity index is 2.40. The fraction of sp³-hybridized carbons (Fsp3) is 0.471. The van der Waals surface area contributed by atoms with Crippen LogP contribution in [0.5, 0.6) is 0 Å². The van der Waals surface area contributed by atoms with Crippen LogP contribution in [0.3, 0.4) is 0 Å². The maximum Gasteiger partial charge on any atom is 0.123 e. The molecule has 0 radical (unpaired) electrons. The second-order valence-corrected chi connectivity index (χ2v) is 8.32. The van der Waals surface area contributed by atoms with E-state index < -0.39 is 0 Å². The number of halogens is 1. The standard InChI is InChI=1S/C17H22BrNOS/c1-6-20-15(17(3,4)5)16-19-14(11(2)21-16)12-7-9-13(18)10-8-12/h7-10,15H,6H2,1-5H3. The van der Waals surface area contributed by atoms with Crippen LogP contribution in [0.2, 0.25) is 0 Å². The average molecular weight is 368 g/mol. The number of thiazole rings is 1. The molecule has 0 bridgehead atoms. The van der Waals surface area contributed by atoms with Gasteiger partial charge in [0.2, 0.25) is 0 Å². The van der Waals surface area contributed by atoms with Gasteiger partial charge in [0.1, 0.15) is 11.1 Å². The second-order valence-electron chi connectivity index (χ2n) is 6.17. The van der Waals surface area contributed by atoms with Crippen LogP contribution in [0.1, 0.15) is 43.7 Å². The molecular formula is C17H22BrNOS. The Morgan fingerprint density at radius 1 is 1.24 bits per heavy atom. The van der Waals surface area contributed by atoms with Crippen LogP contribution in [0, 0.1) is 12.3 Å². The summed E-state index contributed by atoms with van der Waals surface area (Å²) in [6.45, 7) is 11.5. The number of benzene rings is 1. The number of rotatable bonds is 4. The summed E-state index contributed by atoms with van der Waals surface area (Å²) < 4.78 is 7.04. The molecule has 0 saturated carbocycles. The van der Waals surface area contributed by atoms with Crippen LogP contribution < -0.4 is 0 Å². The van der Waals surface area contributed by atoms with Gasteiger partial charge in [0.15, 0.2) is 0 Å². The molecule has 0 fully saturated rings. The normalized spacial score (nSPS) is 13.4. The van der Waals surface area contributed by atoms with E-state index in [1.807, 2.05) is 6.92 Å². The van der Waals surface area contributed by atoms with Gasteiger partial charge < -0.3 is 4.74 Å². The van der Waals surface area contributed by atoms with E-state index in [0.29, 0.717) is 6.61 Å². The molecule has 2 nitrogen and oxygen atoms in total. The van der Waals surface area contributed by atoms with Crippen molar-refractivity contribution in [1.82, 2.24) is 4.98 Å². The minimum Gasteiger partial charge on any atom is -0.371 e. The number of aromatic nitrogens is 1. The van der Waals surface area contributed by atoms with E-state index in [1.165, 1.54) is 4.88 Å². The van der Waals surface area contributed by atoms with E-state index >= 15 is 0 Å². The van der Waals surface area contributed by atoms with Crippen molar-refractivity contribution in [3.05, 3.63) is 38.6 Å². The number of hydrogen-bond acceptors (Lipinski definition) is 3. The number of hydrogen-bond donors (Lipinski definition) is 0. The highest BCUT2D eigenvalue weighted by molar-refractivity contribution is 9.10. The SMILES string of the molecule is CCOC(c1nc(-c2ccc(Br)cc2)c(C)s1)C(C)(C)C. The first-order valence-corrected chi connectivity index (χ1v) is 8.78. The summed E-state index contributed by atoms with van der Waals surface area (Å²) in [4.78, 5) is 6.11. The summed E-state index contributed by atoms with van der Waals surface area (Å²) >= 11 is 5.21. The van der Waals surface area contributed by atoms with Crippen LogP contribution in [0.15, 0.2) is 28.7 Å². The zero-order valence-corrected chi connectivity index (χ0v) is 15.6. The lowest BCUT2D eigenvalue weighted by molar-refractivity contribution is -0.0133. The highest BCUT2D eigenvalue weighted by Gasteiger charge is 2.30. The molecule has 1 aromatic carbocycles. The molecule has 0 spiro atoms. The largest absolute Gasteiger partial charge is 0.371 e. The van der Waals surface area contributed by atoms with Gasteiger partial charge in [-0.1, -0.05) is 48.8 Å². The molecule has 0 aliphatic carbocycles. The van der Waals surface area contributed by atoms with Crippen molar-refractivity contribution in [3.8, 4) is 11.3 Å². The van der Waals surface area contributed by atoms with Crippen molar-refractivity contribution < 1.29 is 4.74 Å². The van der Waals surface area contributed by atoms with E-state index in [1.54, 1.807) is 11.3 Å². The highest BCUT2D eigenvalue weighted by atomic mass is 79.9. The van der Waals surface area contributed by atoms with Gasteiger partial charge in [-0.2, -0.15) is 0 Å². The third-order valence-corrected chi connectivity index (χ3v) is 4.82. The zero-order chi connectivity index (χ0) is 15.6. The minimum absolute atomic E-state index is 0.0374. The third kappa shape index (κ3) is 3.93. The Hall–Kier alpha value is -0.710.